The molecular weight excluding hydrogens is 428 g/mol. The number of fused-ring (bicyclic) bond motifs is 3. The summed E-state index contributed by atoms with van der Waals surface area (Å²) < 4.78 is 10.2. The minimum atomic E-state index is -1.11. The molecule has 0 saturated carbocycles. The molecule has 0 bridgehead atoms. The normalized spacial score (nSPS) is 12.8. The summed E-state index contributed by atoms with van der Waals surface area (Å²) in [5.74, 6) is -2.60. The number of amides is 2. The highest BCUT2D eigenvalue weighted by atomic mass is 16.5. The Labute approximate surface area is 191 Å². The van der Waals surface area contributed by atoms with Crippen molar-refractivity contribution in [3.8, 4) is 11.1 Å². The second-order valence-corrected chi connectivity index (χ2v) is 7.48. The average molecular weight is 454 g/mol. The fourth-order valence-corrected chi connectivity index (χ4v) is 3.81. The van der Waals surface area contributed by atoms with Crippen molar-refractivity contribution in [1.29, 1.82) is 0 Å². The van der Waals surface area contributed by atoms with Crippen molar-refractivity contribution in [3.05, 3.63) is 59.7 Å². The third-order valence-electron chi connectivity index (χ3n) is 5.29. The van der Waals surface area contributed by atoms with Gasteiger partial charge in [0.05, 0.1) is 6.61 Å². The Morgan fingerprint density at radius 1 is 0.970 bits per heavy atom. The van der Waals surface area contributed by atoms with Gasteiger partial charge in [0.2, 0.25) is 5.91 Å². The lowest BCUT2D eigenvalue weighted by molar-refractivity contribution is -0.148. The summed E-state index contributed by atoms with van der Waals surface area (Å²) in [7, 11) is 0. The van der Waals surface area contributed by atoms with Crippen LogP contribution >= 0.6 is 0 Å². The lowest BCUT2D eigenvalue weighted by Crippen LogP contribution is -2.46. The maximum atomic E-state index is 12.2. The van der Waals surface area contributed by atoms with Gasteiger partial charge in [0.25, 0.3) is 0 Å². The van der Waals surface area contributed by atoms with Crippen LogP contribution in [0.25, 0.3) is 11.1 Å². The topological polar surface area (TPSA) is 131 Å². The van der Waals surface area contributed by atoms with Gasteiger partial charge >= 0.3 is 18.0 Å². The second-order valence-electron chi connectivity index (χ2n) is 7.48. The summed E-state index contributed by atoms with van der Waals surface area (Å²) >= 11 is 0. The number of hydrogen-bond acceptors (Lipinski definition) is 6. The summed E-state index contributed by atoms with van der Waals surface area (Å²) in [6.45, 7) is 1.37. The van der Waals surface area contributed by atoms with Crippen molar-refractivity contribution in [1.82, 2.24) is 10.6 Å². The second kappa shape index (κ2) is 11.1. The highest BCUT2D eigenvalue weighted by Gasteiger charge is 2.29. The highest BCUT2D eigenvalue weighted by Crippen LogP contribution is 2.44. The van der Waals surface area contributed by atoms with Gasteiger partial charge in [-0.2, -0.15) is 0 Å². The van der Waals surface area contributed by atoms with E-state index in [1.54, 1.807) is 6.92 Å². The van der Waals surface area contributed by atoms with E-state index in [4.69, 9.17) is 14.6 Å². The molecule has 9 nitrogen and oxygen atoms in total. The van der Waals surface area contributed by atoms with Crippen molar-refractivity contribution in [3.63, 3.8) is 0 Å². The molecule has 0 radical (unpaired) electrons. The first-order valence-corrected chi connectivity index (χ1v) is 10.7. The van der Waals surface area contributed by atoms with Crippen molar-refractivity contribution >= 4 is 23.9 Å². The summed E-state index contributed by atoms with van der Waals surface area (Å²) in [4.78, 5) is 47.1. The molecule has 2 aromatic carbocycles. The van der Waals surface area contributed by atoms with Crippen LogP contribution in [0.15, 0.2) is 48.5 Å². The van der Waals surface area contributed by atoms with Gasteiger partial charge in [-0.3, -0.25) is 9.59 Å². The summed E-state index contributed by atoms with van der Waals surface area (Å²) in [6.07, 6.45) is -1.21. The molecule has 33 heavy (non-hydrogen) atoms. The van der Waals surface area contributed by atoms with Crippen molar-refractivity contribution in [2.75, 3.05) is 19.8 Å². The summed E-state index contributed by atoms with van der Waals surface area (Å²) in [6, 6.07) is 14.7. The molecule has 0 fully saturated rings. The van der Waals surface area contributed by atoms with Gasteiger partial charge in [-0.25, -0.2) is 9.59 Å². The first-order chi connectivity index (χ1) is 15.9. The maximum absolute atomic E-state index is 12.2. The molecule has 0 aromatic heterocycles. The van der Waals surface area contributed by atoms with Gasteiger partial charge in [-0.15, -0.1) is 0 Å². The Morgan fingerprint density at radius 3 is 2.15 bits per heavy atom. The number of carboxylic acids is 1. The SMILES string of the molecule is CCOC(=O)[C@H](CCC(=O)O)NC(=O)CNC(=O)OCC1c2ccccc2-c2ccccc21. The van der Waals surface area contributed by atoms with Gasteiger partial charge in [-0.1, -0.05) is 48.5 Å². The molecule has 0 aliphatic heterocycles. The fourth-order valence-electron chi connectivity index (χ4n) is 3.81. The van der Waals surface area contributed by atoms with E-state index in [1.807, 2.05) is 48.5 Å². The number of hydrogen-bond donors (Lipinski definition) is 3. The third kappa shape index (κ3) is 6.09. The number of aliphatic carboxylic acids is 1. The van der Waals surface area contributed by atoms with Crippen molar-refractivity contribution < 1.29 is 33.8 Å². The molecule has 3 N–H and O–H groups in total. The van der Waals surface area contributed by atoms with E-state index in [-0.39, 0.29) is 32.0 Å². The number of esters is 1. The van der Waals surface area contributed by atoms with E-state index < -0.39 is 36.5 Å². The molecule has 1 atom stereocenters. The van der Waals surface area contributed by atoms with Gasteiger partial charge in [0, 0.05) is 12.3 Å². The largest absolute Gasteiger partial charge is 0.481 e. The molecule has 1 aliphatic carbocycles. The van der Waals surface area contributed by atoms with E-state index in [9.17, 15) is 19.2 Å². The Kier molecular flexibility index (Phi) is 8.01. The van der Waals surface area contributed by atoms with Gasteiger partial charge in [0.1, 0.15) is 19.2 Å². The number of carboxylic acid groups (broad SMARTS) is 1. The van der Waals surface area contributed by atoms with Gasteiger partial charge in [0.15, 0.2) is 0 Å². The lowest BCUT2D eigenvalue weighted by Gasteiger charge is -2.17. The molecule has 2 aromatic rings. The molecule has 0 spiro atoms. The molecule has 0 unspecified atom stereocenters. The smallest absolute Gasteiger partial charge is 0.407 e. The van der Waals surface area contributed by atoms with E-state index in [1.165, 1.54) is 0 Å². The maximum Gasteiger partial charge on any atom is 0.407 e. The monoisotopic (exact) mass is 454 g/mol. The van der Waals surface area contributed by atoms with Crippen molar-refractivity contribution in [2.24, 2.45) is 0 Å². The average Bonchev–Trinajstić information content (AvgIpc) is 3.12. The fraction of sp³-hybridized carbons (Fsp3) is 0.333. The molecule has 0 heterocycles. The van der Waals surface area contributed by atoms with Crippen LogP contribution in [0.3, 0.4) is 0 Å². The molecular formula is C24H26N2O7. The molecule has 2 amide bonds. The van der Waals surface area contributed by atoms with Crippen LogP contribution in [-0.4, -0.2) is 54.8 Å². The minimum absolute atomic E-state index is 0.0935. The third-order valence-corrected chi connectivity index (χ3v) is 5.29. The van der Waals surface area contributed by atoms with Crippen LogP contribution < -0.4 is 10.6 Å². The van der Waals surface area contributed by atoms with Gasteiger partial charge < -0.3 is 25.2 Å². The summed E-state index contributed by atoms with van der Waals surface area (Å²) in [5, 5.41) is 13.6. The minimum Gasteiger partial charge on any atom is -0.481 e. The Morgan fingerprint density at radius 2 is 1.58 bits per heavy atom. The Bertz CT molecular complexity index is 991. The number of nitrogens with one attached hydrogen (secondary N) is 2. The number of ether oxygens (including phenoxy) is 2. The number of alkyl carbamates (subject to hydrolysis) is 1. The standard InChI is InChI=1S/C24H26N2O7/c1-2-32-23(30)20(11-12-22(28)29)26-21(27)13-25-24(31)33-14-19-17-9-5-3-7-15(17)16-8-4-6-10-18(16)19/h3-10,19-20H,2,11-14H2,1H3,(H,25,31)(H,26,27)(H,28,29)/t20-/m0/s1. The molecule has 1 aliphatic rings. The van der Waals surface area contributed by atoms with E-state index in [0.717, 1.165) is 22.3 Å². The van der Waals surface area contributed by atoms with E-state index in [2.05, 4.69) is 10.6 Å². The first-order valence-electron chi connectivity index (χ1n) is 10.7. The van der Waals surface area contributed by atoms with Crippen LogP contribution in [0.4, 0.5) is 4.79 Å². The highest BCUT2D eigenvalue weighted by molar-refractivity contribution is 5.87. The quantitative estimate of drug-likeness (QED) is 0.470. The Hall–Kier alpha value is -3.88. The van der Waals surface area contributed by atoms with Crippen molar-refractivity contribution in [2.45, 2.75) is 31.7 Å². The number of benzene rings is 2. The number of rotatable bonds is 10. The van der Waals surface area contributed by atoms with E-state index in [0.29, 0.717) is 0 Å². The molecule has 174 valence electrons. The number of carbonyl (C=O) groups is 4. The summed E-state index contributed by atoms with van der Waals surface area (Å²) in [5.41, 5.74) is 4.35. The molecule has 0 saturated heterocycles. The van der Waals surface area contributed by atoms with E-state index >= 15 is 0 Å². The first kappa shape index (κ1) is 23.8. The van der Waals surface area contributed by atoms with Crippen LogP contribution in [0.1, 0.15) is 36.8 Å². The van der Waals surface area contributed by atoms with Crippen LogP contribution in [0.2, 0.25) is 0 Å². The molecule has 9 heteroatoms. The predicted molar refractivity (Wildman–Crippen MR) is 119 cm³/mol. The van der Waals surface area contributed by atoms with Crippen LogP contribution in [0, 0.1) is 0 Å². The molecule has 3 rings (SSSR count). The van der Waals surface area contributed by atoms with Crippen LogP contribution in [-0.2, 0) is 23.9 Å². The predicted octanol–water partition coefficient (Wildman–Crippen LogP) is 2.44. The zero-order valence-electron chi connectivity index (χ0n) is 18.2. The van der Waals surface area contributed by atoms with Crippen LogP contribution in [0.5, 0.6) is 0 Å². The van der Waals surface area contributed by atoms with Gasteiger partial charge in [-0.05, 0) is 35.6 Å². The zero-order valence-corrected chi connectivity index (χ0v) is 18.2. The lowest BCUT2D eigenvalue weighted by atomic mass is 9.98. The number of carbonyl (C=O) groups excluding carboxylic acids is 3. The Balaban J connectivity index is 1.51. The zero-order chi connectivity index (χ0) is 23.8.